The average Bonchev–Trinajstić information content (AvgIpc) is 2.95. The Labute approximate surface area is 123 Å². The molecule has 0 saturated carbocycles. The molecule has 0 amide bonds. The standard InChI is InChI=1S/C16H20N2O3/c1-10(2)16-17-15(18-21-16)9-20-12-7-6-11-4-3-5-14(19)13(11)8-12/h6-8,10,14,19H,3-5,9H2,1-2H3. The normalized spacial score (nSPS) is 17.8. The van der Waals surface area contributed by atoms with Gasteiger partial charge in [-0.2, -0.15) is 4.98 Å². The minimum atomic E-state index is -0.380. The van der Waals surface area contributed by atoms with Crippen molar-refractivity contribution in [2.45, 2.75) is 51.7 Å². The first-order valence-electron chi connectivity index (χ1n) is 7.39. The lowest BCUT2D eigenvalue weighted by Crippen LogP contribution is -2.09. The van der Waals surface area contributed by atoms with Gasteiger partial charge in [0.2, 0.25) is 11.7 Å². The molecule has 1 unspecified atom stereocenters. The molecule has 0 fully saturated rings. The van der Waals surface area contributed by atoms with Crippen molar-refractivity contribution >= 4 is 0 Å². The van der Waals surface area contributed by atoms with Gasteiger partial charge in [0.1, 0.15) is 5.75 Å². The second kappa shape index (κ2) is 5.85. The third-order valence-corrected chi connectivity index (χ3v) is 3.75. The predicted molar refractivity (Wildman–Crippen MR) is 77.1 cm³/mol. The number of aryl methyl sites for hydroxylation is 1. The second-order valence-corrected chi connectivity index (χ2v) is 5.76. The number of aromatic nitrogens is 2. The molecule has 0 bridgehead atoms. The number of hydrogen-bond acceptors (Lipinski definition) is 5. The molecule has 5 nitrogen and oxygen atoms in total. The van der Waals surface area contributed by atoms with Crippen molar-refractivity contribution in [2.75, 3.05) is 0 Å². The molecule has 1 aliphatic rings. The van der Waals surface area contributed by atoms with E-state index in [1.165, 1.54) is 5.56 Å². The van der Waals surface area contributed by atoms with Crippen molar-refractivity contribution in [1.82, 2.24) is 10.1 Å². The van der Waals surface area contributed by atoms with Gasteiger partial charge in [-0.1, -0.05) is 25.1 Å². The number of aliphatic hydroxyl groups excluding tert-OH is 1. The van der Waals surface area contributed by atoms with Crippen LogP contribution < -0.4 is 4.74 Å². The molecule has 2 aromatic rings. The first-order valence-corrected chi connectivity index (χ1v) is 7.39. The summed E-state index contributed by atoms with van der Waals surface area (Å²) in [7, 11) is 0. The summed E-state index contributed by atoms with van der Waals surface area (Å²) in [6.07, 6.45) is 2.50. The first kappa shape index (κ1) is 14.1. The Bertz CT molecular complexity index is 622. The van der Waals surface area contributed by atoms with Gasteiger partial charge in [0.05, 0.1) is 6.10 Å². The van der Waals surface area contributed by atoms with E-state index in [-0.39, 0.29) is 18.6 Å². The van der Waals surface area contributed by atoms with Crippen LogP contribution >= 0.6 is 0 Å². The molecule has 1 aromatic heterocycles. The summed E-state index contributed by atoms with van der Waals surface area (Å²) in [4.78, 5) is 4.28. The molecular formula is C16H20N2O3. The van der Waals surface area contributed by atoms with Crippen molar-refractivity contribution in [3.05, 3.63) is 41.0 Å². The summed E-state index contributed by atoms with van der Waals surface area (Å²) in [5.41, 5.74) is 2.19. The van der Waals surface area contributed by atoms with E-state index in [1.807, 2.05) is 32.0 Å². The van der Waals surface area contributed by atoms with Crippen LogP contribution in [0.2, 0.25) is 0 Å². The van der Waals surface area contributed by atoms with Crippen LogP contribution in [0.1, 0.15) is 61.6 Å². The second-order valence-electron chi connectivity index (χ2n) is 5.76. The van der Waals surface area contributed by atoms with Gasteiger partial charge >= 0.3 is 0 Å². The number of aliphatic hydroxyl groups is 1. The summed E-state index contributed by atoms with van der Waals surface area (Å²) in [5.74, 6) is 2.10. The van der Waals surface area contributed by atoms with E-state index >= 15 is 0 Å². The number of benzene rings is 1. The zero-order valence-electron chi connectivity index (χ0n) is 12.4. The highest BCUT2D eigenvalue weighted by Crippen LogP contribution is 2.32. The molecule has 0 aliphatic heterocycles. The average molecular weight is 288 g/mol. The van der Waals surface area contributed by atoms with Crippen molar-refractivity contribution in [3.63, 3.8) is 0 Å². The third-order valence-electron chi connectivity index (χ3n) is 3.75. The maximum absolute atomic E-state index is 10.0. The Hall–Kier alpha value is -1.88. The van der Waals surface area contributed by atoms with Crippen LogP contribution in [0.3, 0.4) is 0 Å². The van der Waals surface area contributed by atoms with Crippen molar-refractivity contribution in [2.24, 2.45) is 0 Å². The van der Waals surface area contributed by atoms with Crippen LogP contribution in [0.4, 0.5) is 0 Å². The number of rotatable bonds is 4. The van der Waals surface area contributed by atoms with Gasteiger partial charge in [0.15, 0.2) is 6.61 Å². The van der Waals surface area contributed by atoms with Gasteiger partial charge in [-0.25, -0.2) is 0 Å². The Morgan fingerprint density at radius 2 is 2.29 bits per heavy atom. The third kappa shape index (κ3) is 3.08. The summed E-state index contributed by atoms with van der Waals surface area (Å²) in [5, 5.41) is 13.9. The SMILES string of the molecule is CC(C)c1nc(COc2ccc3c(c2)C(O)CCC3)no1. The summed E-state index contributed by atoms with van der Waals surface area (Å²) < 4.78 is 10.8. The smallest absolute Gasteiger partial charge is 0.229 e. The van der Waals surface area contributed by atoms with E-state index in [1.54, 1.807) is 0 Å². The Morgan fingerprint density at radius 1 is 1.43 bits per heavy atom. The van der Waals surface area contributed by atoms with E-state index in [0.29, 0.717) is 11.7 Å². The molecule has 5 heteroatoms. The van der Waals surface area contributed by atoms with E-state index in [4.69, 9.17) is 9.26 Å². The zero-order valence-corrected chi connectivity index (χ0v) is 12.4. The van der Waals surface area contributed by atoms with E-state index in [0.717, 1.165) is 30.6 Å². The number of nitrogens with zero attached hydrogens (tertiary/aromatic N) is 2. The fourth-order valence-electron chi connectivity index (χ4n) is 2.55. The maximum Gasteiger partial charge on any atom is 0.229 e. The molecule has 3 rings (SSSR count). The molecule has 1 heterocycles. The topological polar surface area (TPSA) is 68.4 Å². The molecule has 1 N–H and O–H groups in total. The molecule has 1 aliphatic carbocycles. The van der Waals surface area contributed by atoms with Crippen molar-refractivity contribution in [3.8, 4) is 5.75 Å². The molecule has 0 spiro atoms. The highest BCUT2D eigenvalue weighted by Gasteiger charge is 2.18. The quantitative estimate of drug-likeness (QED) is 0.936. The van der Waals surface area contributed by atoms with Gasteiger partial charge in [-0.05, 0) is 42.5 Å². The zero-order chi connectivity index (χ0) is 14.8. The van der Waals surface area contributed by atoms with Crippen LogP contribution in [0, 0.1) is 0 Å². The van der Waals surface area contributed by atoms with Gasteiger partial charge in [0.25, 0.3) is 0 Å². The lowest BCUT2D eigenvalue weighted by molar-refractivity contribution is 0.156. The molecule has 0 radical (unpaired) electrons. The molecule has 112 valence electrons. The van der Waals surface area contributed by atoms with E-state index in [9.17, 15) is 5.11 Å². The molecule has 21 heavy (non-hydrogen) atoms. The Kier molecular flexibility index (Phi) is 3.92. The first-order chi connectivity index (χ1) is 10.1. The molecule has 1 atom stereocenters. The van der Waals surface area contributed by atoms with Gasteiger partial charge < -0.3 is 14.4 Å². The van der Waals surface area contributed by atoms with Gasteiger partial charge in [-0.3, -0.25) is 0 Å². The maximum atomic E-state index is 10.0. The highest BCUT2D eigenvalue weighted by atomic mass is 16.5. The van der Waals surface area contributed by atoms with Crippen molar-refractivity contribution < 1.29 is 14.4 Å². The monoisotopic (exact) mass is 288 g/mol. The van der Waals surface area contributed by atoms with E-state index < -0.39 is 0 Å². The lowest BCUT2D eigenvalue weighted by Gasteiger charge is -2.21. The van der Waals surface area contributed by atoms with Gasteiger partial charge in [0, 0.05) is 5.92 Å². The fraction of sp³-hybridized carbons (Fsp3) is 0.500. The lowest BCUT2D eigenvalue weighted by atomic mass is 9.89. The number of hydrogen-bond donors (Lipinski definition) is 1. The Morgan fingerprint density at radius 3 is 3.05 bits per heavy atom. The minimum absolute atomic E-state index is 0.213. The van der Waals surface area contributed by atoms with Gasteiger partial charge in [-0.15, -0.1) is 0 Å². The van der Waals surface area contributed by atoms with E-state index in [2.05, 4.69) is 10.1 Å². The Balaban J connectivity index is 1.69. The minimum Gasteiger partial charge on any atom is -0.485 e. The number of ether oxygens (including phenoxy) is 1. The van der Waals surface area contributed by atoms with Crippen LogP contribution in [0.15, 0.2) is 22.7 Å². The van der Waals surface area contributed by atoms with Crippen molar-refractivity contribution in [1.29, 1.82) is 0 Å². The molecular weight excluding hydrogens is 268 g/mol. The summed E-state index contributed by atoms with van der Waals surface area (Å²) >= 11 is 0. The van der Waals surface area contributed by atoms with Crippen LogP contribution in [0.5, 0.6) is 5.75 Å². The predicted octanol–water partition coefficient (Wildman–Crippen LogP) is 3.14. The van der Waals surface area contributed by atoms with Crippen LogP contribution in [-0.4, -0.2) is 15.2 Å². The highest BCUT2D eigenvalue weighted by molar-refractivity contribution is 5.38. The number of fused-ring (bicyclic) bond motifs is 1. The largest absolute Gasteiger partial charge is 0.485 e. The fourth-order valence-corrected chi connectivity index (χ4v) is 2.55. The van der Waals surface area contributed by atoms with Crippen LogP contribution in [-0.2, 0) is 13.0 Å². The molecule has 0 saturated heterocycles. The summed E-state index contributed by atoms with van der Waals surface area (Å²) in [6, 6.07) is 5.88. The molecule has 1 aromatic carbocycles. The van der Waals surface area contributed by atoms with Crippen LogP contribution in [0.25, 0.3) is 0 Å². The summed E-state index contributed by atoms with van der Waals surface area (Å²) in [6.45, 7) is 4.27.